The summed E-state index contributed by atoms with van der Waals surface area (Å²) in [5.74, 6) is 0.471. The number of carbonyl (C=O) groups is 2. The molecule has 4 aromatic rings. The number of carbonyl (C=O) groups excluding carboxylic acids is 2. The van der Waals surface area contributed by atoms with Crippen LogP contribution in [-0.4, -0.2) is 92.9 Å². The van der Waals surface area contributed by atoms with E-state index in [2.05, 4.69) is 71.3 Å². The lowest BCUT2D eigenvalue weighted by Gasteiger charge is -2.33. The number of hydrogen-bond acceptors (Lipinski definition) is 8. The molecule has 2 aliphatic rings. The van der Waals surface area contributed by atoms with Crippen molar-refractivity contribution in [3.05, 3.63) is 59.1 Å². The second kappa shape index (κ2) is 18.1. The number of ether oxygens (including phenoxy) is 2. The molecule has 0 unspecified atom stereocenters. The molecule has 266 valence electrons. The van der Waals surface area contributed by atoms with E-state index in [0.717, 1.165) is 67.4 Å². The number of piperidine rings is 2. The molecule has 0 radical (unpaired) electrons. The maximum atomic E-state index is 12.1. The summed E-state index contributed by atoms with van der Waals surface area (Å²) in [6, 6.07) is 8.10. The molecular weight excluding hydrogens is 791 g/mol. The van der Waals surface area contributed by atoms with Gasteiger partial charge in [0.1, 0.15) is 11.2 Å². The lowest BCUT2D eigenvalue weighted by molar-refractivity contribution is 0.0200. The molecule has 0 N–H and O–H groups in total. The Morgan fingerprint density at radius 3 is 1.67 bits per heavy atom. The Bertz CT molecular complexity index is 1580. The summed E-state index contributed by atoms with van der Waals surface area (Å²) >= 11 is 5.79. The van der Waals surface area contributed by atoms with Gasteiger partial charge in [0.05, 0.1) is 23.4 Å². The third-order valence-electron chi connectivity index (χ3n) is 7.28. The van der Waals surface area contributed by atoms with Crippen LogP contribution in [0.25, 0.3) is 11.0 Å². The van der Waals surface area contributed by atoms with Crippen LogP contribution < -0.4 is 0 Å². The summed E-state index contributed by atoms with van der Waals surface area (Å²) in [6.45, 7) is 14.5. The molecule has 0 bridgehead atoms. The maximum Gasteiger partial charge on any atom is 0.410 e. The molecule has 4 aromatic heterocycles. The Labute approximate surface area is 307 Å². The smallest absolute Gasteiger partial charge is 0.410 e. The first kappa shape index (κ1) is 41.2. The standard InChI is InChI=1S/C16H22N4O2.C10H18INO2.C6H4BrN3.2CH4/c1-16(2,3)22-15(21)19-7-4-12(5-8-19)13-6-9-20-14(10-13)11-17-18-20;1-10(2,3)14-9(13)12-6-4-8(11)5-7-12;7-5-1-2-10-6(3-5)4-8-9-10;;/h6,9-12H,4-5,7-8H2,1-3H3;8H,4-7H2,1-3H3;1-4H;2*1H4. The van der Waals surface area contributed by atoms with Gasteiger partial charge in [-0.25, -0.2) is 18.6 Å². The third kappa shape index (κ3) is 12.8. The van der Waals surface area contributed by atoms with Crippen LogP contribution in [0.3, 0.4) is 0 Å². The minimum Gasteiger partial charge on any atom is -0.444 e. The van der Waals surface area contributed by atoms with E-state index in [9.17, 15) is 9.59 Å². The van der Waals surface area contributed by atoms with Crippen molar-refractivity contribution in [2.75, 3.05) is 26.2 Å². The first-order valence-corrected chi connectivity index (χ1v) is 17.6. The molecule has 2 amide bonds. The predicted molar refractivity (Wildman–Crippen MR) is 202 cm³/mol. The van der Waals surface area contributed by atoms with Crippen LogP contribution in [0.4, 0.5) is 9.59 Å². The molecular formula is C34H52BrIN8O4. The van der Waals surface area contributed by atoms with Crippen molar-refractivity contribution < 1.29 is 19.1 Å². The SMILES string of the molecule is Brc1ccn2nncc2c1.C.C.CC(C)(C)OC(=O)N1CCC(I)CC1.CC(C)(C)OC(=O)N1CCC(c2ccn3nncc3c2)CC1. The van der Waals surface area contributed by atoms with Gasteiger partial charge >= 0.3 is 12.2 Å². The lowest BCUT2D eigenvalue weighted by Crippen LogP contribution is -2.41. The Hall–Kier alpha value is -3.01. The maximum absolute atomic E-state index is 12.1. The molecule has 48 heavy (non-hydrogen) atoms. The summed E-state index contributed by atoms with van der Waals surface area (Å²) in [6.07, 6.45) is 11.0. The number of likely N-dealkylation sites (tertiary alicyclic amines) is 2. The van der Waals surface area contributed by atoms with Gasteiger partial charge in [-0.1, -0.05) is 63.8 Å². The van der Waals surface area contributed by atoms with Gasteiger partial charge in [0.15, 0.2) is 0 Å². The second-order valence-electron chi connectivity index (χ2n) is 13.4. The van der Waals surface area contributed by atoms with Gasteiger partial charge in [0.25, 0.3) is 0 Å². The lowest BCUT2D eigenvalue weighted by atomic mass is 9.90. The monoisotopic (exact) mass is 842 g/mol. The number of amides is 2. The molecule has 2 aliphatic heterocycles. The van der Waals surface area contributed by atoms with E-state index in [1.165, 1.54) is 5.56 Å². The first-order valence-electron chi connectivity index (χ1n) is 15.5. The van der Waals surface area contributed by atoms with Crippen molar-refractivity contribution in [2.24, 2.45) is 0 Å². The third-order valence-corrected chi connectivity index (χ3v) is 9.02. The highest BCUT2D eigenvalue weighted by atomic mass is 127. The van der Waals surface area contributed by atoms with Crippen LogP contribution in [0.2, 0.25) is 0 Å². The summed E-state index contributed by atoms with van der Waals surface area (Å²) in [5, 5.41) is 15.4. The fourth-order valence-corrected chi connectivity index (χ4v) is 5.89. The summed E-state index contributed by atoms with van der Waals surface area (Å²) in [4.78, 5) is 27.3. The topological polar surface area (TPSA) is 119 Å². The predicted octanol–water partition coefficient (Wildman–Crippen LogP) is 8.43. The fourth-order valence-electron chi connectivity index (χ4n) is 4.98. The van der Waals surface area contributed by atoms with Crippen molar-refractivity contribution in [2.45, 2.75) is 103 Å². The largest absolute Gasteiger partial charge is 0.444 e. The number of rotatable bonds is 1. The highest BCUT2D eigenvalue weighted by Crippen LogP contribution is 2.29. The van der Waals surface area contributed by atoms with Gasteiger partial charge in [-0.3, -0.25) is 0 Å². The van der Waals surface area contributed by atoms with E-state index in [4.69, 9.17) is 9.47 Å². The van der Waals surface area contributed by atoms with Crippen molar-refractivity contribution in [3.8, 4) is 0 Å². The van der Waals surface area contributed by atoms with Gasteiger partial charge < -0.3 is 19.3 Å². The molecule has 14 heteroatoms. The zero-order valence-corrected chi connectivity index (χ0v) is 31.1. The second-order valence-corrected chi connectivity index (χ2v) is 16.1. The van der Waals surface area contributed by atoms with Crippen LogP contribution in [0, 0.1) is 0 Å². The highest BCUT2D eigenvalue weighted by molar-refractivity contribution is 14.1. The number of hydrogen-bond donors (Lipinski definition) is 0. The van der Waals surface area contributed by atoms with Crippen molar-refractivity contribution >= 4 is 61.7 Å². The molecule has 0 saturated carbocycles. The first-order chi connectivity index (χ1) is 21.7. The summed E-state index contributed by atoms with van der Waals surface area (Å²) in [5.41, 5.74) is 2.48. The Morgan fingerprint density at radius 2 is 1.19 bits per heavy atom. The number of nitrogens with zero attached hydrogens (tertiary/aromatic N) is 8. The van der Waals surface area contributed by atoms with E-state index < -0.39 is 5.60 Å². The van der Waals surface area contributed by atoms with E-state index in [-0.39, 0.29) is 32.6 Å². The zero-order valence-electron chi connectivity index (χ0n) is 27.4. The Morgan fingerprint density at radius 1 is 0.750 bits per heavy atom. The average molecular weight is 844 g/mol. The normalized spacial score (nSPS) is 15.7. The zero-order chi connectivity index (χ0) is 33.5. The number of pyridine rings is 2. The molecule has 6 rings (SSSR count). The van der Waals surface area contributed by atoms with Crippen LogP contribution in [-0.2, 0) is 9.47 Å². The number of alkyl halides is 1. The summed E-state index contributed by atoms with van der Waals surface area (Å²) in [7, 11) is 0. The van der Waals surface area contributed by atoms with Crippen molar-refractivity contribution in [1.82, 2.24) is 39.5 Å². The summed E-state index contributed by atoms with van der Waals surface area (Å²) < 4.78 is 16.0. The molecule has 2 saturated heterocycles. The molecule has 12 nitrogen and oxygen atoms in total. The van der Waals surface area contributed by atoms with Crippen molar-refractivity contribution in [1.29, 1.82) is 0 Å². The minimum absolute atomic E-state index is 0. The molecule has 2 fully saturated rings. The molecule has 6 heterocycles. The molecule has 0 atom stereocenters. The number of aromatic nitrogens is 6. The van der Waals surface area contributed by atoms with Crippen LogP contribution in [0.5, 0.6) is 0 Å². The quantitative estimate of drug-likeness (QED) is 0.139. The van der Waals surface area contributed by atoms with Crippen LogP contribution >= 0.6 is 38.5 Å². The van der Waals surface area contributed by atoms with E-state index >= 15 is 0 Å². The van der Waals surface area contributed by atoms with Gasteiger partial charge in [-0.2, -0.15) is 0 Å². The number of fused-ring (bicyclic) bond motifs is 2. The Kier molecular flexibility index (Phi) is 15.5. The van der Waals surface area contributed by atoms with Gasteiger partial charge in [0.2, 0.25) is 0 Å². The van der Waals surface area contributed by atoms with Gasteiger partial charge in [-0.05, 0) is 103 Å². The van der Waals surface area contributed by atoms with E-state index in [1.807, 2.05) is 66.1 Å². The fraction of sp³-hybridized carbons (Fsp3) is 0.588. The van der Waals surface area contributed by atoms with E-state index in [1.54, 1.807) is 31.2 Å². The van der Waals surface area contributed by atoms with Gasteiger partial charge in [0, 0.05) is 47.0 Å². The molecule has 0 spiro atoms. The Balaban J connectivity index is 0.000000265. The van der Waals surface area contributed by atoms with Crippen molar-refractivity contribution in [3.63, 3.8) is 0 Å². The molecule has 0 aromatic carbocycles. The van der Waals surface area contributed by atoms with Gasteiger partial charge in [-0.15, -0.1) is 10.2 Å². The highest BCUT2D eigenvalue weighted by Gasteiger charge is 2.28. The van der Waals surface area contributed by atoms with Crippen LogP contribution in [0.15, 0.2) is 53.5 Å². The van der Waals surface area contributed by atoms with E-state index in [0.29, 0.717) is 9.84 Å². The number of halogens is 2. The minimum atomic E-state index is -0.437. The molecule has 0 aliphatic carbocycles. The average Bonchev–Trinajstić information content (AvgIpc) is 3.65. The van der Waals surface area contributed by atoms with Crippen LogP contribution in [0.1, 0.15) is 93.6 Å².